The lowest BCUT2D eigenvalue weighted by atomic mass is 10.1. The Kier molecular flexibility index (Phi) is 6.84. The number of para-hydroxylation sites is 2. The molecule has 4 rings (SSSR count). The average Bonchev–Trinajstić information content (AvgIpc) is 2.87. The second-order valence-corrected chi connectivity index (χ2v) is 7.60. The standard InChI is InChI=1S/C27H25N3O2/c28-20-24(27(31)30-17-15-29(16-18-30)25-12-5-2-6-13-25)19-23-11-7-8-14-26(23)32-21-22-9-3-1-4-10-22/h1-14,19H,15-18,21H2/b24-19-. The highest BCUT2D eigenvalue weighted by Crippen LogP contribution is 2.23. The quantitative estimate of drug-likeness (QED) is 0.432. The van der Waals surface area contributed by atoms with Crippen LogP contribution in [0.15, 0.2) is 90.5 Å². The van der Waals surface area contributed by atoms with E-state index in [1.54, 1.807) is 11.0 Å². The van der Waals surface area contributed by atoms with Crippen molar-refractivity contribution in [3.8, 4) is 11.8 Å². The highest BCUT2D eigenvalue weighted by Gasteiger charge is 2.24. The van der Waals surface area contributed by atoms with Crippen LogP contribution in [0.1, 0.15) is 11.1 Å². The fourth-order valence-corrected chi connectivity index (χ4v) is 3.74. The molecule has 1 aliphatic rings. The number of nitrogens with zero attached hydrogens (tertiary/aromatic N) is 3. The van der Waals surface area contributed by atoms with Crippen LogP contribution in [0.5, 0.6) is 5.75 Å². The van der Waals surface area contributed by atoms with E-state index in [9.17, 15) is 10.1 Å². The monoisotopic (exact) mass is 423 g/mol. The number of nitriles is 1. The Labute approximate surface area is 188 Å². The summed E-state index contributed by atoms with van der Waals surface area (Å²) in [7, 11) is 0. The van der Waals surface area contributed by atoms with E-state index in [1.807, 2.05) is 72.8 Å². The lowest BCUT2D eigenvalue weighted by molar-refractivity contribution is -0.126. The summed E-state index contributed by atoms with van der Waals surface area (Å²) >= 11 is 0. The molecule has 1 aliphatic heterocycles. The number of benzene rings is 3. The zero-order chi connectivity index (χ0) is 22.2. The summed E-state index contributed by atoms with van der Waals surface area (Å²) < 4.78 is 5.97. The second kappa shape index (κ2) is 10.3. The van der Waals surface area contributed by atoms with Gasteiger partial charge in [0.1, 0.15) is 24.0 Å². The first kappa shape index (κ1) is 21.2. The van der Waals surface area contributed by atoms with Gasteiger partial charge in [-0.2, -0.15) is 5.26 Å². The van der Waals surface area contributed by atoms with Gasteiger partial charge in [-0.1, -0.05) is 66.7 Å². The van der Waals surface area contributed by atoms with Crippen LogP contribution >= 0.6 is 0 Å². The summed E-state index contributed by atoms with van der Waals surface area (Å²) in [6.07, 6.45) is 1.63. The number of piperazine rings is 1. The minimum Gasteiger partial charge on any atom is -0.488 e. The zero-order valence-electron chi connectivity index (χ0n) is 17.9. The van der Waals surface area contributed by atoms with Crippen molar-refractivity contribution in [1.29, 1.82) is 5.26 Å². The molecule has 5 nitrogen and oxygen atoms in total. The molecule has 32 heavy (non-hydrogen) atoms. The largest absolute Gasteiger partial charge is 0.488 e. The Morgan fingerprint density at radius 3 is 2.19 bits per heavy atom. The van der Waals surface area contributed by atoms with Gasteiger partial charge in [-0.3, -0.25) is 4.79 Å². The molecule has 1 saturated heterocycles. The Morgan fingerprint density at radius 2 is 1.50 bits per heavy atom. The van der Waals surface area contributed by atoms with Crippen molar-refractivity contribution in [2.24, 2.45) is 0 Å². The van der Waals surface area contributed by atoms with Gasteiger partial charge in [-0.25, -0.2) is 0 Å². The second-order valence-electron chi connectivity index (χ2n) is 7.60. The molecule has 1 amide bonds. The normalized spacial score (nSPS) is 14.0. The van der Waals surface area contributed by atoms with Crippen molar-refractivity contribution >= 4 is 17.7 Å². The number of hydrogen-bond acceptors (Lipinski definition) is 4. The first-order valence-electron chi connectivity index (χ1n) is 10.7. The topological polar surface area (TPSA) is 56.6 Å². The van der Waals surface area contributed by atoms with Crippen LogP contribution in [0, 0.1) is 11.3 Å². The third-order valence-corrected chi connectivity index (χ3v) is 5.50. The van der Waals surface area contributed by atoms with Crippen LogP contribution < -0.4 is 9.64 Å². The van der Waals surface area contributed by atoms with Gasteiger partial charge in [-0.15, -0.1) is 0 Å². The maximum atomic E-state index is 13.0. The molecule has 3 aromatic rings. The highest BCUT2D eigenvalue weighted by atomic mass is 16.5. The molecule has 0 unspecified atom stereocenters. The van der Waals surface area contributed by atoms with Crippen molar-refractivity contribution in [2.75, 3.05) is 31.1 Å². The van der Waals surface area contributed by atoms with E-state index in [0.29, 0.717) is 25.4 Å². The van der Waals surface area contributed by atoms with Crippen molar-refractivity contribution in [1.82, 2.24) is 4.90 Å². The summed E-state index contributed by atoms with van der Waals surface area (Å²) in [5, 5.41) is 9.70. The molecular formula is C27H25N3O2. The Morgan fingerprint density at radius 1 is 0.875 bits per heavy atom. The van der Waals surface area contributed by atoms with Gasteiger partial charge < -0.3 is 14.5 Å². The first-order valence-corrected chi connectivity index (χ1v) is 10.7. The molecule has 0 radical (unpaired) electrons. The van der Waals surface area contributed by atoms with E-state index in [4.69, 9.17) is 4.74 Å². The van der Waals surface area contributed by atoms with E-state index in [-0.39, 0.29) is 11.5 Å². The van der Waals surface area contributed by atoms with Crippen molar-refractivity contribution in [3.05, 3.63) is 102 Å². The summed E-state index contributed by atoms with van der Waals surface area (Å²) in [6.45, 7) is 3.07. The molecule has 0 aromatic heterocycles. The molecule has 0 bridgehead atoms. The molecule has 0 atom stereocenters. The van der Waals surface area contributed by atoms with Gasteiger partial charge in [0, 0.05) is 37.4 Å². The summed E-state index contributed by atoms with van der Waals surface area (Å²) in [5.41, 5.74) is 3.05. The van der Waals surface area contributed by atoms with Crippen LogP contribution in [-0.2, 0) is 11.4 Å². The zero-order valence-corrected chi connectivity index (χ0v) is 17.9. The fraction of sp³-hybridized carbons (Fsp3) is 0.185. The fourth-order valence-electron chi connectivity index (χ4n) is 3.74. The molecule has 160 valence electrons. The summed E-state index contributed by atoms with van der Waals surface area (Å²) in [5.74, 6) is 0.406. The summed E-state index contributed by atoms with van der Waals surface area (Å²) in [6, 6.07) is 29.6. The SMILES string of the molecule is N#C/C(=C/c1ccccc1OCc1ccccc1)C(=O)N1CCN(c2ccccc2)CC1. The Hall–Kier alpha value is -4.04. The number of carbonyl (C=O) groups excluding carboxylic acids is 1. The third kappa shape index (κ3) is 5.16. The minimum absolute atomic E-state index is 0.119. The smallest absolute Gasteiger partial charge is 0.264 e. The molecule has 5 heteroatoms. The maximum Gasteiger partial charge on any atom is 0.264 e. The summed E-state index contributed by atoms with van der Waals surface area (Å²) in [4.78, 5) is 17.1. The number of carbonyl (C=O) groups is 1. The van der Waals surface area contributed by atoms with Crippen LogP contribution in [0.2, 0.25) is 0 Å². The maximum absolute atomic E-state index is 13.0. The van der Waals surface area contributed by atoms with E-state index in [1.165, 1.54) is 0 Å². The molecule has 0 N–H and O–H groups in total. The highest BCUT2D eigenvalue weighted by molar-refractivity contribution is 6.02. The minimum atomic E-state index is -0.238. The molecule has 0 saturated carbocycles. The van der Waals surface area contributed by atoms with E-state index >= 15 is 0 Å². The van der Waals surface area contributed by atoms with Crippen LogP contribution in [-0.4, -0.2) is 37.0 Å². The lowest BCUT2D eigenvalue weighted by Crippen LogP contribution is -2.49. The molecule has 1 heterocycles. The van der Waals surface area contributed by atoms with Gasteiger partial charge >= 0.3 is 0 Å². The molecule has 3 aromatic carbocycles. The molecule has 1 fully saturated rings. The van der Waals surface area contributed by atoms with E-state index in [2.05, 4.69) is 23.1 Å². The van der Waals surface area contributed by atoms with Crippen LogP contribution in [0.25, 0.3) is 6.08 Å². The van der Waals surface area contributed by atoms with Gasteiger partial charge in [0.25, 0.3) is 5.91 Å². The number of hydrogen-bond donors (Lipinski definition) is 0. The predicted octanol–water partition coefficient (Wildman–Crippen LogP) is 4.52. The number of amides is 1. The molecule has 0 aliphatic carbocycles. The molecule has 0 spiro atoms. The average molecular weight is 424 g/mol. The van der Waals surface area contributed by atoms with Crippen LogP contribution in [0.4, 0.5) is 5.69 Å². The number of ether oxygens (including phenoxy) is 1. The van der Waals surface area contributed by atoms with Crippen LogP contribution in [0.3, 0.4) is 0 Å². The Bertz CT molecular complexity index is 1110. The van der Waals surface area contributed by atoms with Crippen molar-refractivity contribution < 1.29 is 9.53 Å². The predicted molar refractivity (Wildman–Crippen MR) is 126 cm³/mol. The van der Waals surface area contributed by atoms with Gasteiger partial charge in [0.05, 0.1) is 0 Å². The molecular weight excluding hydrogens is 398 g/mol. The van der Waals surface area contributed by atoms with Gasteiger partial charge in [0.2, 0.25) is 0 Å². The van der Waals surface area contributed by atoms with Gasteiger partial charge in [0.15, 0.2) is 0 Å². The van der Waals surface area contributed by atoms with E-state index < -0.39 is 0 Å². The number of rotatable bonds is 6. The van der Waals surface area contributed by atoms with Crippen molar-refractivity contribution in [3.63, 3.8) is 0 Å². The first-order chi connectivity index (χ1) is 15.7. The number of anilines is 1. The van der Waals surface area contributed by atoms with E-state index in [0.717, 1.165) is 29.9 Å². The Balaban J connectivity index is 1.44. The lowest BCUT2D eigenvalue weighted by Gasteiger charge is -2.36. The van der Waals surface area contributed by atoms with Crippen molar-refractivity contribution in [2.45, 2.75) is 6.61 Å². The van der Waals surface area contributed by atoms with Gasteiger partial charge in [-0.05, 0) is 29.8 Å². The third-order valence-electron chi connectivity index (χ3n) is 5.50.